The molecule has 0 bridgehead atoms. The van der Waals surface area contributed by atoms with Crippen LogP contribution in [0.5, 0.6) is 0 Å². The monoisotopic (exact) mass is 292 g/mol. The highest BCUT2D eigenvalue weighted by atomic mass is 35.5. The van der Waals surface area contributed by atoms with Crippen LogP contribution in [0.3, 0.4) is 0 Å². The molecule has 0 amide bonds. The zero-order chi connectivity index (χ0) is 14.5. The van der Waals surface area contributed by atoms with Crippen LogP contribution in [0, 0.1) is 5.82 Å². The maximum absolute atomic E-state index is 13.3. The Morgan fingerprint density at radius 2 is 1.90 bits per heavy atom. The van der Waals surface area contributed by atoms with E-state index in [4.69, 9.17) is 11.6 Å². The Hall–Kier alpha value is -1.58. The van der Waals surface area contributed by atoms with Gasteiger partial charge < -0.3 is 10.2 Å². The van der Waals surface area contributed by atoms with Gasteiger partial charge in [0.05, 0.1) is 0 Å². The van der Waals surface area contributed by atoms with Crippen LogP contribution < -0.4 is 10.2 Å². The average molecular weight is 293 g/mol. The Morgan fingerprint density at radius 1 is 1.15 bits per heavy atom. The summed E-state index contributed by atoms with van der Waals surface area (Å²) in [5.74, 6) is -0.246. The number of hydrogen-bond donors (Lipinski definition) is 1. The minimum Gasteiger partial charge on any atom is -0.344 e. The normalized spacial score (nSPS) is 10.6. The van der Waals surface area contributed by atoms with Crippen molar-refractivity contribution in [3.63, 3.8) is 0 Å². The Kier molecular flexibility index (Phi) is 4.99. The van der Waals surface area contributed by atoms with Crippen LogP contribution in [0.15, 0.2) is 42.5 Å². The van der Waals surface area contributed by atoms with Gasteiger partial charge in [0, 0.05) is 30.0 Å². The van der Waals surface area contributed by atoms with Gasteiger partial charge in [-0.3, -0.25) is 0 Å². The standard InChI is InChI=1S/C16H18ClFN2/c1-3-19-11-12-7-8-15(10-16(12)17)20(2)14-6-4-5-13(18)9-14/h4-10,19H,3,11H2,1-2H3. The van der Waals surface area contributed by atoms with Crippen LogP contribution in [0.1, 0.15) is 12.5 Å². The highest BCUT2D eigenvalue weighted by Gasteiger charge is 2.07. The van der Waals surface area contributed by atoms with Crippen LogP contribution in [-0.4, -0.2) is 13.6 Å². The fourth-order valence-corrected chi connectivity index (χ4v) is 2.22. The van der Waals surface area contributed by atoms with Crippen LogP contribution in [0.4, 0.5) is 15.8 Å². The number of halogens is 2. The topological polar surface area (TPSA) is 15.3 Å². The van der Waals surface area contributed by atoms with Crippen molar-refractivity contribution >= 4 is 23.0 Å². The molecule has 4 heteroatoms. The van der Waals surface area contributed by atoms with E-state index in [1.807, 2.05) is 36.2 Å². The molecule has 2 nitrogen and oxygen atoms in total. The summed E-state index contributed by atoms with van der Waals surface area (Å²) < 4.78 is 13.3. The third-order valence-electron chi connectivity index (χ3n) is 3.18. The molecule has 0 fully saturated rings. The lowest BCUT2D eigenvalue weighted by Crippen LogP contribution is -2.13. The summed E-state index contributed by atoms with van der Waals surface area (Å²) in [5.41, 5.74) is 2.78. The van der Waals surface area contributed by atoms with Crippen molar-refractivity contribution in [1.29, 1.82) is 0 Å². The second-order valence-corrected chi connectivity index (χ2v) is 5.00. The zero-order valence-electron chi connectivity index (χ0n) is 11.7. The number of anilines is 2. The molecule has 0 aliphatic rings. The Labute approximate surface area is 124 Å². The minimum atomic E-state index is -0.246. The first-order chi connectivity index (χ1) is 9.61. The Bertz CT molecular complexity index is 586. The van der Waals surface area contributed by atoms with Gasteiger partial charge >= 0.3 is 0 Å². The van der Waals surface area contributed by atoms with Crippen LogP contribution >= 0.6 is 11.6 Å². The van der Waals surface area contributed by atoms with Gasteiger partial charge in [-0.1, -0.05) is 30.7 Å². The summed E-state index contributed by atoms with van der Waals surface area (Å²) in [6, 6.07) is 12.4. The quantitative estimate of drug-likeness (QED) is 0.881. The van der Waals surface area contributed by atoms with Gasteiger partial charge in [-0.15, -0.1) is 0 Å². The van der Waals surface area contributed by atoms with Crippen molar-refractivity contribution in [2.75, 3.05) is 18.5 Å². The second-order valence-electron chi connectivity index (χ2n) is 4.59. The average Bonchev–Trinajstić information content (AvgIpc) is 2.45. The summed E-state index contributed by atoms with van der Waals surface area (Å²) >= 11 is 6.29. The molecule has 2 aromatic rings. The van der Waals surface area contributed by atoms with E-state index in [0.717, 1.165) is 30.0 Å². The van der Waals surface area contributed by atoms with Crippen molar-refractivity contribution < 1.29 is 4.39 Å². The first-order valence-electron chi connectivity index (χ1n) is 6.60. The molecule has 0 unspecified atom stereocenters. The highest BCUT2D eigenvalue weighted by Crippen LogP contribution is 2.28. The Balaban J connectivity index is 2.22. The molecule has 20 heavy (non-hydrogen) atoms. The number of benzene rings is 2. The van der Waals surface area contributed by atoms with E-state index in [0.29, 0.717) is 5.02 Å². The number of rotatable bonds is 5. The summed E-state index contributed by atoms with van der Waals surface area (Å²) in [4.78, 5) is 1.91. The molecule has 0 saturated heterocycles. The highest BCUT2D eigenvalue weighted by molar-refractivity contribution is 6.31. The third kappa shape index (κ3) is 3.50. The van der Waals surface area contributed by atoms with Gasteiger partial charge in [-0.05, 0) is 42.4 Å². The lowest BCUT2D eigenvalue weighted by Gasteiger charge is -2.20. The summed E-state index contributed by atoms with van der Waals surface area (Å²) in [6.45, 7) is 3.71. The van der Waals surface area contributed by atoms with Crippen molar-refractivity contribution in [1.82, 2.24) is 5.32 Å². The summed E-state index contributed by atoms with van der Waals surface area (Å²) in [5, 5.41) is 3.96. The number of hydrogen-bond acceptors (Lipinski definition) is 2. The van der Waals surface area contributed by atoms with E-state index in [1.165, 1.54) is 12.1 Å². The first kappa shape index (κ1) is 14.8. The maximum atomic E-state index is 13.3. The molecule has 0 aromatic heterocycles. The predicted octanol–water partition coefficient (Wildman–Crippen LogP) is 4.36. The van der Waals surface area contributed by atoms with Gasteiger partial charge in [-0.25, -0.2) is 4.39 Å². The number of nitrogens with one attached hydrogen (secondary N) is 1. The predicted molar refractivity (Wildman–Crippen MR) is 83.3 cm³/mol. The fraction of sp³-hybridized carbons (Fsp3) is 0.250. The van der Waals surface area contributed by atoms with Crippen LogP contribution in [0.25, 0.3) is 0 Å². The molecular weight excluding hydrogens is 275 g/mol. The lowest BCUT2D eigenvalue weighted by molar-refractivity contribution is 0.628. The molecule has 0 radical (unpaired) electrons. The third-order valence-corrected chi connectivity index (χ3v) is 3.54. The smallest absolute Gasteiger partial charge is 0.125 e. The maximum Gasteiger partial charge on any atom is 0.125 e. The molecule has 2 aromatic carbocycles. The Morgan fingerprint density at radius 3 is 2.55 bits per heavy atom. The van der Waals surface area contributed by atoms with E-state index < -0.39 is 0 Å². The van der Waals surface area contributed by atoms with Crippen molar-refractivity contribution in [2.24, 2.45) is 0 Å². The van der Waals surface area contributed by atoms with E-state index >= 15 is 0 Å². The first-order valence-corrected chi connectivity index (χ1v) is 6.98. The summed E-state index contributed by atoms with van der Waals surface area (Å²) in [7, 11) is 1.89. The molecule has 0 atom stereocenters. The van der Waals surface area contributed by atoms with Gasteiger partial charge in [0.2, 0.25) is 0 Å². The SMILES string of the molecule is CCNCc1ccc(N(C)c2cccc(F)c2)cc1Cl. The molecule has 1 N–H and O–H groups in total. The lowest BCUT2D eigenvalue weighted by atomic mass is 10.1. The van der Waals surface area contributed by atoms with Crippen LogP contribution in [-0.2, 0) is 6.54 Å². The molecule has 0 saturated carbocycles. The largest absolute Gasteiger partial charge is 0.344 e. The molecule has 2 rings (SSSR count). The van der Waals surface area contributed by atoms with Gasteiger partial charge in [-0.2, -0.15) is 0 Å². The van der Waals surface area contributed by atoms with Crippen molar-refractivity contribution in [3.8, 4) is 0 Å². The molecule has 0 aliphatic carbocycles. The molecule has 0 spiro atoms. The second kappa shape index (κ2) is 6.73. The van der Waals surface area contributed by atoms with Gasteiger partial charge in [0.1, 0.15) is 5.82 Å². The van der Waals surface area contributed by atoms with Crippen molar-refractivity contribution in [3.05, 3.63) is 58.9 Å². The molecule has 0 heterocycles. The van der Waals surface area contributed by atoms with Gasteiger partial charge in [0.15, 0.2) is 0 Å². The van der Waals surface area contributed by atoms with E-state index in [1.54, 1.807) is 6.07 Å². The minimum absolute atomic E-state index is 0.246. The van der Waals surface area contributed by atoms with Gasteiger partial charge in [0.25, 0.3) is 0 Å². The fourth-order valence-electron chi connectivity index (χ4n) is 1.98. The van der Waals surface area contributed by atoms with Crippen molar-refractivity contribution in [2.45, 2.75) is 13.5 Å². The molecule has 0 aliphatic heterocycles. The molecular formula is C16H18ClFN2. The molecule has 106 valence electrons. The van der Waals surface area contributed by atoms with E-state index in [9.17, 15) is 4.39 Å². The van der Waals surface area contributed by atoms with E-state index in [-0.39, 0.29) is 5.82 Å². The summed E-state index contributed by atoms with van der Waals surface area (Å²) in [6.07, 6.45) is 0. The number of nitrogens with zero attached hydrogens (tertiary/aromatic N) is 1. The van der Waals surface area contributed by atoms with Crippen LogP contribution in [0.2, 0.25) is 5.02 Å². The zero-order valence-corrected chi connectivity index (χ0v) is 12.4. The van der Waals surface area contributed by atoms with E-state index in [2.05, 4.69) is 12.2 Å².